The van der Waals surface area contributed by atoms with Crippen molar-refractivity contribution in [2.75, 3.05) is 18.4 Å². The van der Waals surface area contributed by atoms with Crippen molar-refractivity contribution in [2.24, 2.45) is 0 Å². The van der Waals surface area contributed by atoms with E-state index in [2.05, 4.69) is 16.7 Å². The number of carbonyl (C=O) groups is 3. The minimum Gasteiger partial charge on any atom is -0.346 e. The number of piperidine rings is 1. The molecule has 2 heterocycles. The first-order chi connectivity index (χ1) is 13.5. The quantitative estimate of drug-likeness (QED) is 0.790. The molecular weight excluding hydrogens is 354 g/mol. The number of rotatable bonds is 2. The van der Waals surface area contributed by atoms with Gasteiger partial charge >= 0.3 is 6.03 Å². The highest BCUT2D eigenvalue weighted by molar-refractivity contribution is 5.95. The Kier molecular flexibility index (Phi) is 4.63. The summed E-state index contributed by atoms with van der Waals surface area (Å²) in [4.78, 5) is 38.0. The maximum Gasteiger partial charge on any atom is 0.321 e. The lowest BCUT2D eigenvalue weighted by atomic mass is 9.76. The number of hydrogen-bond donors (Lipinski definition) is 2. The van der Waals surface area contributed by atoms with Crippen LogP contribution in [0, 0.1) is 0 Å². The van der Waals surface area contributed by atoms with Crippen LogP contribution in [0.4, 0.5) is 10.5 Å². The number of urea groups is 1. The van der Waals surface area contributed by atoms with Crippen molar-refractivity contribution in [1.82, 2.24) is 10.2 Å². The molecule has 3 amide bonds. The fourth-order valence-corrected chi connectivity index (χ4v) is 4.17. The number of fused-ring (bicyclic) bond motifs is 2. The van der Waals surface area contributed by atoms with E-state index in [4.69, 9.17) is 0 Å². The zero-order valence-electron chi connectivity index (χ0n) is 15.8. The fourth-order valence-electron chi connectivity index (χ4n) is 4.17. The molecule has 0 saturated carbocycles. The van der Waals surface area contributed by atoms with Gasteiger partial charge in [-0.25, -0.2) is 4.79 Å². The Morgan fingerprint density at radius 3 is 2.39 bits per heavy atom. The summed E-state index contributed by atoms with van der Waals surface area (Å²) in [5.74, 6) is 0.0381. The number of Topliss-reactive ketones (excluding diaryl/α,β-unsaturated/α-hetero) is 1. The van der Waals surface area contributed by atoms with E-state index in [1.165, 1.54) is 12.5 Å². The second kappa shape index (κ2) is 7.11. The maximum atomic E-state index is 12.6. The van der Waals surface area contributed by atoms with Crippen molar-refractivity contribution in [3.05, 3.63) is 65.2 Å². The van der Waals surface area contributed by atoms with E-state index in [9.17, 15) is 14.4 Å². The fraction of sp³-hybridized carbons (Fsp3) is 0.318. The van der Waals surface area contributed by atoms with E-state index >= 15 is 0 Å². The van der Waals surface area contributed by atoms with E-state index in [0.29, 0.717) is 43.6 Å². The predicted octanol–water partition coefficient (Wildman–Crippen LogP) is 3.08. The van der Waals surface area contributed by atoms with Crippen molar-refractivity contribution < 1.29 is 14.4 Å². The van der Waals surface area contributed by atoms with Gasteiger partial charge in [-0.05, 0) is 55.2 Å². The van der Waals surface area contributed by atoms with E-state index < -0.39 is 0 Å². The first-order valence-corrected chi connectivity index (χ1v) is 9.53. The topological polar surface area (TPSA) is 78.5 Å². The summed E-state index contributed by atoms with van der Waals surface area (Å²) in [6.45, 7) is 2.64. The van der Waals surface area contributed by atoms with Gasteiger partial charge in [0.2, 0.25) is 5.91 Å². The number of anilines is 1. The van der Waals surface area contributed by atoms with Crippen molar-refractivity contribution >= 4 is 23.4 Å². The molecule has 144 valence electrons. The van der Waals surface area contributed by atoms with Gasteiger partial charge in [0.05, 0.1) is 12.0 Å². The number of carbonyl (C=O) groups excluding carboxylic acids is 3. The van der Waals surface area contributed by atoms with Crippen LogP contribution in [0.25, 0.3) is 0 Å². The molecule has 0 aromatic heterocycles. The van der Waals surface area contributed by atoms with Crippen LogP contribution >= 0.6 is 0 Å². The Morgan fingerprint density at radius 1 is 1.04 bits per heavy atom. The third-order valence-electron chi connectivity index (χ3n) is 5.71. The van der Waals surface area contributed by atoms with Crippen molar-refractivity contribution in [3.8, 4) is 0 Å². The number of likely N-dealkylation sites (tertiary alicyclic amines) is 1. The number of hydrogen-bond acceptors (Lipinski definition) is 3. The largest absolute Gasteiger partial charge is 0.346 e. The van der Waals surface area contributed by atoms with Crippen LogP contribution in [-0.2, 0) is 16.8 Å². The Hall–Kier alpha value is -3.15. The molecule has 2 N–H and O–H groups in total. The van der Waals surface area contributed by atoms with E-state index in [1.807, 2.05) is 18.2 Å². The predicted molar refractivity (Wildman–Crippen MR) is 106 cm³/mol. The zero-order valence-corrected chi connectivity index (χ0v) is 15.8. The molecule has 0 bridgehead atoms. The first-order valence-electron chi connectivity index (χ1n) is 9.53. The van der Waals surface area contributed by atoms with Gasteiger partial charge < -0.3 is 15.5 Å². The van der Waals surface area contributed by atoms with Gasteiger partial charge in [0.25, 0.3) is 0 Å². The second-order valence-electron chi connectivity index (χ2n) is 7.51. The van der Waals surface area contributed by atoms with E-state index in [-0.39, 0.29) is 23.3 Å². The minimum atomic E-state index is -0.383. The van der Waals surface area contributed by atoms with Gasteiger partial charge in [-0.2, -0.15) is 0 Å². The summed E-state index contributed by atoms with van der Waals surface area (Å²) in [5.41, 5.74) is 3.15. The lowest BCUT2D eigenvalue weighted by Gasteiger charge is -2.45. The maximum absolute atomic E-state index is 12.6. The molecule has 2 aromatic carbocycles. The summed E-state index contributed by atoms with van der Waals surface area (Å²) >= 11 is 0. The number of ketones is 1. The summed E-state index contributed by atoms with van der Waals surface area (Å²) in [5, 5.41) is 6.07. The van der Waals surface area contributed by atoms with Crippen molar-refractivity contribution in [3.63, 3.8) is 0 Å². The normalized spacial score (nSPS) is 17.6. The molecule has 0 aliphatic carbocycles. The molecule has 2 aromatic rings. The molecular formula is C22H23N3O3. The van der Waals surface area contributed by atoms with Crippen LogP contribution in [-0.4, -0.2) is 35.7 Å². The van der Waals surface area contributed by atoms with E-state index in [1.54, 1.807) is 29.2 Å². The molecule has 1 spiro atoms. The average Bonchev–Trinajstić information content (AvgIpc) is 2.69. The highest BCUT2D eigenvalue weighted by Crippen LogP contribution is 2.37. The van der Waals surface area contributed by atoms with Crippen LogP contribution < -0.4 is 10.6 Å². The second-order valence-corrected chi connectivity index (χ2v) is 7.51. The standard InChI is InChI=1S/C22H23N3O3/c1-15(26)16-6-8-18(9-7-16)23-21(28)25-12-10-22(11-13-25)19-5-3-2-4-17(19)14-20(27)24-22/h2-9H,10-14H2,1H3,(H,23,28)(H,24,27). The number of amides is 3. The van der Waals surface area contributed by atoms with Gasteiger partial charge in [0.15, 0.2) is 5.78 Å². The van der Waals surface area contributed by atoms with Gasteiger partial charge in [-0.15, -0.1) is 0 Å². The molecule has 2 aliphatic heterocycles. The Labute approximate surface area is 163 Å². The molecule has 0 atom stereocenters. The summed E-state index contributed by atoms with van der Waals surface area (Å²) in [6, 6.07) is 14.8. The molecule has 0 unspecified atom stereocenters. The number of benzene rings is 2. The Balaban J connectivity index is 1.43. The minimum absolute atomic E-state index is 0.00554. The number of nitrogens with zero attached hydrogens (tertiary/aromatic N) is 1. The lowest BCUT2D eigenvalue weighted by Crippen LogP contribution is -2.57. The van der Waals surface area contributed by atoms with Crippen molar-refractivity contribution in [1.29, 1.82) is 0 Å². The van der Waals surface area contributed by atoms with Gasteiger partial charge in [-0.1, -0.05) is 24.3 Å². The monoisotopic (exact) mass is 377 g/mol. The van der Waals surface area contributed by atoms with Crippen LogP contribution in [0.15, 0.2) is 48.5 Å². The molecule has 0 radical (unpaired) electrons. The third-order valence-corrected chi connectivity index (χ3v) is 5.71. The van der Waals surface area contributed by atoms with Gasteiger partial charge in [0, 0.05) is 24.3 Å². The molecule has 6 nitrogen and oxygen atoms in total. The van der Waals surface area contributed by atoms with Crippen LogP contribution in [0.1, 0.15) is 41.3 Å². The molecule has 6 heteroatoms. The molecule has 2 aliphatic rings. The Bertz CT molecular complexity index is 928. The smallest absolute Gasteiger partial charge is 0.321 e. The van der Waals surface area contributed by atoms with E-state index in [0.717, 1.165) is 5.56 Å². The van der Waals surface area contributed by atoms with Gasteiger partial charge in [-0.3, -0.25) is 9.59 Å². The lowest BCUT2D eigenvalue weighted by molar-refractivity contribution is -0.124. The summed E-state index contributed by atoms with van der Waals surface area (Å²) in [6.07, 6.45) is 1.79. The van der Waals surface area contributed by atoms with Gasteiger partial charge in [0.1, 0.15) is 0 Å². The average molecular weight is 377 g/mol. The summed E-state index contributed by atoms with van der Waals surface area (Å²) < 4.78 is 0. The molecule has 28 heavy (non-hydrogen) atoms. The van der Waals surface area contributed by atoms with Crippen LogP contribution in [0.2, 0.25) is 0 Å². The number of nitrogens with one attached hydrogen (secondary N) is 2. The first kappa shape index (κ1) is 18.2. The zero-order chi connectivity index (χ0) is 19.7. The third kappa shape index (κ3) is 3.38. The van der Waals surface area contributed by atoms with Crippen LogP contribution in [0.5, 0.6) is 0 Å². The molecule has 1 saturated heterocycles. The highest BCUT2D eigenvalue weighted by atomic mass is 16.2. The molecule has 1 fully saturated rings. The Morgan fingerprint density at radius 2 is 1.71 bits per heavy atom. The highest BCUT2D eigenvalue weighted by Gasteiger charge is 2.42. The summed E-state index contributed by atoms with van der Waals surface area (Å²) in [7, 11) is 0. The van der Waals surface area contributed by atoms with Crippen LogP contribution in [0.3, 0.4) is 0 Å². The van der Waals surface area contributed by atoms with Crippen molar-refractivity contribution in [2.45, 2.75) is 31.7 Å². The molecule has 4 rings (SSSR count). The SMILES string of the molecule is CC(=O)c1ccc(NC(=O)N2CCC3(CC2)NC(=O)Cc2ccccc23)cc1.